The van der Waals surface area contributed by atoms with Crippen LogP contribution in [0.3, 0.4) is 0 Å². The second-order valence-corrected chi connectivity index (χ2v) is 6.13. The molecule has 1 saturated heterocycles. The van der Waals surface area contributed by atoms with E-state index in [1.165, 1.54) is 5.56 Å². The van der Waals surface area contributed by atoms with Gasteiger partial charge in [-0.25, -0.2) is 4.79 Å². The number of aromatic nitrogens is 2. The van der Waals surface area contributed by atoms with Crippen LogP contribution in [-0.2, 0) is 17.8 Å². The van der Waals surface area contributed by atoms with Crippen LogP contribution in [0.4, 0.5) is 10.5 Å². The number of amides is 2. The Labute approximate surface area is 148 Å². The fourth-order valence-corrected chi connectivity index (χ4v) is 2.87. The zero-order valence-corrected chi connectivity index (χ0v) is 14.5. The number of urea groups is 1. The molecule has 1 fully saturated rings. The lowest BCUT2D eigenvalue weighted by Crippen LogP contribution is -2.47. The molecule has 2 amide bonds. The van der Waals surface area contributed by atoms with Crippen molar-refractivity contribution in [2.75, 3.05) is 31.6 Å². The van der Waals surface area contributed by atoms with Crippen LogP contribution in [0.5, 0.6) is 0 Å². The summed E-state index contributed by atoms with van der Waals surface area (Å²) in [5.41, 5.74) is 1.98. The monoisotopic (exact) mass is 343 g/mol. The van der Waals surface area contributed by atoms with E-state index in [2.05, 4.69) is 44.9 Å². The van der Waals surface area contributed by atoms with Crippen molar-refractivity contribution in [2.45, 2.75) is 26.1 Å². The van der Waals surface area contributed by atoms with E-state index >= 15 is 0 Å². The molecule has 1 aromatic carbocycles. The average molecular weight is 343 g/mol. The van der Waals surface area contributed by atoms with Gasteiger partial charge in [-0.2, -0.15) is 5.10 Å². The van der Waals surface area contributed by atoms with Crippen molar-refractivity contribution >= 4 is 11.7 Å². The van der Waals surface area contributed by atoms with Gasteiger partial charge in [0.2, 0.25) is 0 Å². The number of carbonyl (C=O) groups excluding carboxylic acids is 1. The second-order valence-electron chi connectivity index (χ2n) is 6.13. The number of benzene rings is 1. The summed E-state index contributed by atoms with van der Waals surface area (Å²) in [6.45, 7) is 6.57. The molecule has 1 aromatic heterocycles. The summed E-state index contributed by atoms with van der Waals surface area (Å²) in [6, 6.07) is 10.2. The number of rotatable bonds is 6. The second kappa shape index (κ2) is 8.64. The van der Waals surface area contributed by atoms with E-state index < -0.39 is 0 Å². The molecule has 1 aliphatic heterocycles. The molecule has 3 rings (SSSR count). The number of carbonyl (C=O) groups is 1. The van der Waals surface area contributed by atoms with Gasteiger partial charge in [0.25, 0.3) is 0 Å². The first-order chi connectivity index (χ1) is 12.2. The normalized spacial score (nSPS) is 18.0. The molecule has 7 heteroatoms. The van der Waals surface area contributed by atoms with Gasteiger partial charge in [-0.3, -0.25) is 9.58 Å². The van der Waals surface area contributed by atoms with Crippen molar-refractivity contribution in [1.82, 2.24) is 20.0 Å². The van der Waals surface area contributed by atoms with Gasteiger partial charge in [0.05, 0.1) is 24.6 Å². The summed E-state index contributed by atoms with van der Waals surface area (Å²) < 4.78 is 7.53. The lowest BCUT2D eigenvalue weighted by Gasteiger charge is -2.33. The van der Waals surface area contributed by atoms with Crippen LogP contribution < -0.4 is 10.6 Å². The van der Waals surface area contributed by atoms with Crippen molar-refractivity contribution in [1.29, 1.82) is 0 Å². The molecule has 0 radical (unpaired) electrons. The van der Waals surface area contributed by atoms with E-state index in [1.807, 2.05) is 13.0 Å². The largest absolute Gasteiger partial charge is 0.374 e. The number of ether oxygens (including phenoxy) is 1. The van der Waals surface area contributed by atoms with Gasteiger partial charge >= 0.3 is 6.03 Å². The highest BCUT2D eigenvalue weighted by Crippen LogP contribution is 2.10. The van der Waals surface area contributed by atoms with Gasteiger partial charge in [0.15, 0.2) is 0 Å². The molecule has 2 heterocycles. The first-order valence-electron chi connectivity index (χ1n) is 8.68. The molecule has 2 aromatic rings. The van der Waals surface area contributed by atoms with Crippen LogP contribution in [0, 0.1) is 0 Å². The number of morpholine rings is 1. The maximum absolute atomic E-state index is 12.0. The van der Waals surface area contributed by atoms with Crippen LogP contribution in [0.15, 0.2) is 42.7 Å². The standard InChI is InChI=1S/C18H25N5O2/c1-2-23-13-16(10-20-23)21-18(24)19-11-17-14-22(8-9-25-17)12-15-6-4-3-5-7-15/h3-7,10,13,17H,2,8-9,11-12,14H2,1H3,(H2,19,21,24)/t17-/m0/s1. The van der Waals surface area contributed by atoms with Gasteiger partial charge < -0.3 is 15.4 Å². The quantitative estimate of drug-likeness (QED) is 0.841. The molecule has 2 N–H and O–H groups in total. The maximum atomic E-state index is 12.0. The minimum absolute atomic E-state index is 0.00146. The third-order valence-corrected chi connectivity index (χ3v) is 4.18. The Balaban J connectivity index is 1.42. The first kappa shape index (κ1) is 17.4. The molecular weight excluding hydrogens is 318 g/mol. The van der Waals surface area contributed by atoms with E-state index in [-0.39, 0.29) is 12.1 Å². The molecule has 1 aliphatic rings. The predicted molar refractivity (Wildman–Crippen MR) is 96.4 cm³/mol. The number of anilines is 1. The Bertz CT molecular complexity index is 673. The number of hydrogen-bond donors (Lipinski definition) is 2. The molecule has 0 unspecified atom stereocenters. The SMILES string of the molecule is CCn1cc(NC(=O)NC[C@H]2CN(Cc3ccccc3)CCO2)cn1. The molecule has 0 bridgehead atoms. The summed E-state index contributed by atoms with van der Waals surface area (Å²) in [5.74, 6) is 0. The predicted octanol–water partition coefficient (Wildman–Crippen LogP) is 1.93. The molecule has 134 valence electrons. The Morgan fingerprint density at radius 3 is 2.96 bits per heavy atom. The maximum Gasteiger partial charge on any atom is 0.319 e. The van der Waals surface area contributed by atoms with Crippen molar-refractivity contribution in [3.05, 3.63) is 48.3 Å². The smallest absolute Gasteiger partial charge is 0.319 e. The highest BCUT2D eigenvalue weighted by atomic mass is 16.5. The van der Waals surface area contributed by atoms with Gasteiger partial charge in [-0.05, 0) is 12.5 Å². The average Bonchev–Trinajstić information content (AvgIpc) is 3.09. The zero-order chi connectivity index (χ0) is 17.5. The molecular formula is C18H25N5O2. The third-order valence-electron chi connectivity index (χ3n) is 4.18. The summed E-state index contributed by atoms with van der Waals surface area (Å²) in [4.78, 5) is 14.4. The lowest BCUT2D eigenvalue weighted by molar-refractivity contribution is -0.0285. The summed E-state index contributed by atoms with van der Waals surface area (Å²) in [7, 11) is 0. The van der Waals surface area contributed by atoms with E-state index in [1.54, 1.807) is 17.1 Å². The summed E-state index contributed by atoms with van der Waals surface area (Å²) in [6.07, 6.45) is 3.45. The highest BCUT2D eigenvalue weighted by Gasteiger charge is 2.21. The van der Waals surface area contributed by atoms with Gasteiger partial charge in [0, 0.05) is 38.9 Å². The van der Waals surface area contributed by atoms with E-state index in [4.69, 9.17) is 4.74 Å². The molecule has 0 saturated carbocycles. The number of hydrogen-bond acceptors (Lipinski definition) is 4. The summed E-state index contributed by atoms with van der Waals surface area (Å²) in [5, 5.41) is 9.79. The topological polar surface area (TPSA) is 71.4 Å². The molecule has 0 spiro atoms. The van der Waals surface area contributed by atoms with Crippen molar-refractivity contribution in [2.24, 2.45) is 0 Å². The third kappa shape index (κ3) is 5.30. The Hall–Kier alpha value is -2.38. The Kier molecular flexibility index (Phi) is 6.03. The fourth-order valence-electron chi connectivity index (χ4n) is 2.87. The first-order valence-corrected chi connectivity index (χ1v) is 8.68. The van der Waals surface area contributed by atoms with Gasteiger partial charge in [-0.15, -0.1) is 0 Å². The number of nitrogens with one attached hydrogen (secondary N) is 2. The minimum Gasteiger partial charge on any atom is -0.374 e. The molecule has 7 nitrogen and oxygen atoms in total. The van der Waals surface area contributed by atoms with E-state index in [9.17, 15) is 4.79 Å². The molecule has 25 heavy (non-hydrogen) atoms. The highest BCUT2D eigenvalue weighted by molar-refractivity contribution is 5.88. The number of nitrogens with zero attached hydrogens (tertiary/aromatic N) is 3. The van der Waals surface area contributed by atoms with Crippen molar-refractivity contribution in [3.63, 3.8) is 0 Å². The molecule has 0 aliphatic carbocycles. The van der Waals surface area contributed by atoms with Crippen LogP contribution in [0.1, 0.15) is 12.5 Å². The number of aryl methyl sites for hydroxylation is 1. The lowest BCUT2D eigenvalue weighted by atomic mass is 10.2. The van der Waals surface area contributed by atoms with Gasteiger partial charge in [-0.1, -0.05) is 30.3 Å². The Morgan fingerprint density at radius 1 is 1.36 bits per heavy atom. The zero-order valence-electron chi connectivity index (χ0n) is 14.5. The van der Waals surface area contributed by atoms with Crippen LogP contribution in [0.2, 0.25) is 0 Å². The van der Waals surface area contributed by atoms with Gasteiger partial charge in [0.1, 0.15) is 0 Å². The van der Waals surface area contributed by atoms with Crippen molar-refractivity contribution < 1.29 is 9.53 Å². The molecule has 1 atom stereocenters. The Morgan fingerprint density at radius 2 is 2.20 bits per heavy atom. The van der Waals surface area contributed by atoms with Crippen LogP contribution in [-0.4, -0.2) is 53.1 Å². The minimum atomic E-state index is -0.237. The van der Waals surface area contributed by atoms with Crippen molar-refractivity contribution in [3.8, 4) is 0 Å². The van der Waals surface area contributed by atoms with E-state index in [0.717, 1.165) is 26.2 Å². The fraction of sp³-hybridized carbons (Fsp3) is 0.444. The van der Waals surface area contributed by atoms with E-state index in [0.29, 0.717) is 18.8 Å². The van der Waals surface area contributed by atoms with Crippen LogP contribution >= 0.6 is 0 Å². The summed E-state index contributed by atoms with van der Waals surface area (Å²) >= 11 is 0. The van der Waals surface area contributed by atoms with Crippen LogP contribution in [0.25, 0.3) is 0 Å².